The molecule has 4 rings (SSSR count). The van der Waals surface area contributed by atoms with Gasteiger partial charge in [-0.2, -0.15) is 0 Å². The molecule has 1 aliphatic rings. The molecule has 0 fully saturated rings. The molecule has 1 heterocycles. The van der Waals surface area contributed by atoms with Crippen LogP contribution < -0.4 is 15.4 Å². The molecule has 0 aromatic heterocycles. The number of carbonyl (C=O) groups excluding carboxylic acids is 1. The number of aliphatic imine (C=N–C) groups is 1. The van der Waals surface area contributed by atoms with Crippen LogP contribution in [0.3, 0.4) is 0 Å². The van der Waals surface area contributed by atoms with Crippen molar-refractivity contribution >= 4 is 45.2 Å². The summed E-state index contributed by atoms with van der Waals surface area (Å²) in [5.41, 5.74) is 4.52. The molecule has 0 bridgehead atoms. The minimum atomic E-state index is -0.382. The van der Waals surface area contributed by atoms with Gasteiger partial charge in [-0.3, -0.25) is 4.99 Å². The zero-order valence-electron chi connectivity index (χ0n) is 15.9. The molecule has 0 unspecified atom stereocenters. The van der Waals surface area contributed by atoms with E-state index in [1.807, 2.05) is 18.2 Å². The summed E-state index contributed by atoms with van der Waals surface area (Å²) < 4.78 is 19.3. The van der Waals surface area contributed by atoms with Gasteiger partial charge in [0.2, 0.25) is 0 Å². The average Bonchev–Trinajstić information content (AvgIpc) is 2.73. The smallest absolute Gasteiger partial charge is 0.323 e. The fraction of sp³-hybridized carbons (Fsp3) is 0.0435. The predicted molar refractivity (Wildman–Crippen MR) is 122 cm³/mol. The number of halogens is 2. The van der Waals surface area contributed by atoms with Gasteiger partial charge < -0.3 is 15.4 Å². The van der Waals surface area contributed by atoms with Crippen molar-refractivity contribution < 1.29 is 13.9 Å². The van der Waals surface area contributed by atoms with E-state index in [1.54, 1.807) is 49.7 Å². The Labute approximate surface area is 181 Å². The lowest BCUT2D eigenvalue weighted by Gasteiger charge is -2.15. The van der Waals surface area contributed by atoms with Crippen molar-refractivity contribution in [2.45, 2.75) is 0 Å². The van der Waals surface area contributed by atoms with Gasteiger partial charge in [0.1, 0.15) is 11.6 Å². The first-order valence-electron chi connectivity index (χ1n) is 9.09. The third-order valence-corrected chi connectivity index (χ3v) is 5.10. The van der Waals surface area contributed by atoms with Gasteiger partial charge in [0.25, 0.3) is 0 Å². The number of urea groups is 1. The molecule has 3 aromatic carbocycles. The Morgan fingerprint density at radius 1 is 0.900 bits per heavy atom. The highest BCUT2D eigenvalue weighted by molar-refractivity contribution is 9.12. The van der Waals surface area contributed by atoms with E-state index in [1.165, 1.54) is 12.1 Å². The van der Waals surface area contributed by atoms with Crippen molar-refractivity contribution in [2.75, 3.05) is 17.7 Å². The van der Waals surface area contributed by atoms with Gasteiger partial charge in [-0.25, -0.2) is 9.18 Å². The van der Waals surface area contributed by atoms with E-state index in [4.69, 9.17) is 4.74 Å². The first-order valence-corrected chi connectivity index (χ1v) is 9.88. The number of methoxy groups -OCH3 is 1. The van der Waals surface area contributed by atoms with Crippen molar-refractivity contribution in [1.29, 1.82) is 0 Å². The fourth-order valence-electron chi connectivity index (χ4n) is 3.00. The Morgan fingerprint density at radius 3 is 2.17 bits per heavy atom. The Balaban J connectivity index is 1.60. The summed E-state index contributed by atoms with van der Waals surface area (Å²) in [6.07, 6.45) is 1.71. The topological polar surface area (TPSA) is 62.7 Å². The number of carbonyl (C=O) groups is 1. The lowest BCUT2D eigenvalue weighted by Crippen LogP contribution is -2.19. The van der Waals surface area contributed by atoms with Crippen LogP contribution in [-0.2, 0) is 0 Å². The monoisotopic (exact) mass is 465 g/mol. The second kappa shape index (κ2) is 8.51. The number of hydrogen-bond acceptors (Lipinski definition) is 3. The minimum Gasteiger partial charge on any atom is -0.497 e. The number of amides is 2. The number of rotatable bonds is 5. The third-order valence-electron chi connectivity index (χ3n) is 4.52. The zero-order chi connectivity index (χ0) is 21.1. The van der Waals surface area contributed by atoms with Crippen LogP contribution in [0.2, 0.25) is 0 Å². The molecule has 0 atom stereocenters. The van der Waals surface area contributed by atoms with Crippen LogP contribution in [0.4, 0.5) is 20.6 Å². The van der Waals surface area contributed by atoms with Crippen LogP contribution in [-0.4, -0.2) is 19.4 Å². The van der Waals surface area contributed by atoms with E-state index in [2.05, 4.69) is 31.6 Å². The van der Waals surface area contributed by atoms with Crippen LogP contribution in [0.25, 0.3) is 16.8 Å². The third kappa shape index (κ3) is 4.41. The van der Waals surface area contributed by atoms with E-state index in [0.717, 1.165) is 26.9 Å². The second-order valence-electron chi connectivity index (χ2n) is 6.57. The summed E-state index contributed by atoms with van der Waals surface area (Å²) in [5.74, 6) is 0.402. The molecular formula is C23H17BrFN3O2. The summed E-state index contributed by atoms with van der Waals surface area (Å²) in [7, 11) is 1.58. The number of nitrogens with one attached hydrogen (secondary N) is 2. The maximum atomic E-state index is 13.3. The van der Waals surface area contributed by atoms with Gasteiger partial charge in [0, 0.05) is 23.2 Å². The second-order valence-corrected chi connectivity index (χ2v) is 7.42. The number of hydrogen-bond donors (Lipinski definition) is 2. The van der Waals surface area contributed by atoms with Crippen LogP contribution in [0.1, 0.15) is 5.56 Å². The molecule has 5 nitrogen and oxygen atoms in total. The van der Waals surface area contributed by atoms with E-state index < -0.39 is 0 Å². The van der Waals surface area contributed by atoms with Gasteiger partial charge in [0.05, 0.1) is 17.3 Å². The summed E-state index contributed by atoms with van der Waals surface area (Å²) in [5, 5.41) is 5.64. The van der Waals surface area contributed by atoms with E-state index in [-0.39, 0.29) is 11.8 Å². The molecule has 150 valence electrons. The first kappa shape index (κ1) is 19.8. The summed E-state index contributed by atoms with van der Waals surface area (Å²) in [6, 6.07) is 18.5. The summed E-state index contributed by atoms with van der Waals surface area (Å²) in [4.78, 5) is 16.8. The standard InChI is InChI=1S/C23H17BrFN3O2/c1-30-20-8-6-18(7-9-20)27-23(29)28-19-11-15(14-2-4-17(25)5-3-14)10-16(12-19)22-21(24)13-26-22/h2-13H,1H3,(H2,27,28,29). The molecule has 0 spiro atoms. The molecule has 0 saturated heterocycles. The normalized spacial score (nSPS) is 12.4. The van der Waals surface area contributed by atoms with E-state index in [0.29, 0.717) is 17.1 Å². The fourth-order valence-corrected chi connectivity index (χ4v) is 3.44. The molecule has 1 aliphatic heterocycles. The molecule has 0 radical (unpaired) electrons. The SMILES string of the molecule is COc1ccc(NC(=O)Nc2cc(C3=C(Br)C=N3)cc(-c3ccc(F)cc3)c2)cc1. The highest BCUT2D eigenvalue weighted by atomic mass is 79.9. The Kier molecular flexibility index (Phi) is 5.63. The number of nitrogens with zero attached hydrogens (tertiary/aromatic N) is 1. The van der Waals surface area contributed by atoms with Crippen molar-refractivity contribution in [1.82, 2.24) is 0 Å². The lowest BCUT2D eigenvalue weighted by molar-refractivity contribution is 0.262. The highest BCUT2D eigenvalue weighted by Gasteiger charge is 2.15. The molecule has 0 saturated carbocycles. The van der Waals surface area contributed by atoms with Crippen LogP contribution in [0.15, 0.2) is 76.2 Å². The number of benzene rings is 3. The molecule has 3 aromatic rings. The van der Waals surface area contributed by atoms with Crippen molar-refractivity contribution in [3.63, 3.8) is 0 Å². The Hall–Kier alpha value is -3.45. The van der Waals surface area contributed by atoms with Crippen LogP contribution >= 0.6 is 15.9 Å². The largest absolute Gasteiger partial charge is 0.497 e. The predicted octanol–water partition coefficient (Wildman–Crippen LogP) is 6.29. The zero-order valence-corrected chi connectivity index (χ0v) is 17.5. The quantitative estimate of drug-likeness (QED) is 0.464. The Bertz CT molecular complexity index is 1160. The molecule has 2 N–H and O–H groups in total. The van der Waals surface area contributed by atoms with Crippen LogP contribution in [0, 0.1) is 5.82 Å². The molecule has 30 heavy (non-hydrogen) atoms. The maximum Gasteiger partial charge on any atom is 0.323 e. The number of ether oxygens (including phenoxy) is 1. The van der Waals surface area contributed by atoms with Gasteiger partial charge >= 0.3 is 6.03 Å². The first-order chi connectivity index (χ1) is 14.5. The molecular weight excluding hydrogens is 449 g/mol. The average molecular weight is 466 g/mol. The number of anilines is 2. The molecule has 7 heteroatoms. The van der Waals surface area contributed by atoms with Gasteiger partial charge in [-0.1, -0.05) is 12.1 Å². The van der Waals surface area contributed by atoms with Crippen molar-refractivity contribution in [3.05, 3.63) is 82.6 Å². The van der Waals surface area contributed by atoms with Gasteiger partial charge in [-0.05, 0) is 81.7 Å². The van der Waals surface area contributed by atoms with E-state index in [9.17, 15) is 9.18 Å². The molecule has 0 aliphatic carbocycles. The van der Waals surface area contributed by atoms with Crippen molar-refractivity contribution in [2.24, 2.45) is 4.99 Å². The summed E-state index contributed by atoms with van der Waals surface area (Å²) >= 11 is 3.46. The lowest BCUT2D eigenvalue weighted by atomic mass is 9.99. The maximum absolute atomic E-state index is 13.3. The summed E-state index contributed by atoms with van der Waals surface area (Å²) in [6.45, 7) is 0. The Morgan fingerprint density at radius 2 is 1.57 bits per heavy atom. The van der Waals surface area contributed by atoms with E-state index >= 15 is 0 Å². The van der Waals surface area contributed by atoms with Gasteiger partial charge in [0.15, 0.2) is 0 Å². The molecule has 2 amide bonds. The number of allylic oxidation sites excluding steroid dienone is 1. The van der Waals surface area contributed by atoms with Crippen LogP contribution in [0.5, 0.6) is 5.75 Å². The van der Waals surface area contributed by atoms with Gasteiger partial charge in [-0.15, -0.1) is 0 Å². The highest BCUT2D eigenvalue weighted by Crippen LogP contribution is 2.34. The van der Waals surface area contributed by atoms with Crippen molar-refractivity contribution in [3.8, 4) is 16.9 Å². The minimum absolute atomic E-state index is 0.304.